The fraction of sp³-hybridized carbons (Fsp3) is 0.812. The Labute approximate surface area is 136 Å². The highest BCUT2D eigenvalue weighted by Gasteiger charge is 2.35. The van der Waals surface area contributed by atoms with Crippen LogP contribution in [0, 0.1) is 5.41 Å². The maximum absolute atomic E-state index is 5.82. The minimum Gasteiger partial charge on any atom is -0.381 e. The molecule has 1 aliphatic rings. The topological polar surface area (TPSA) is 39.1 Å². The van der Waals surface area contributed by atoms with Gasteiger partial charge in [0.2, 0.25) is 0 Å². The molecule has 1 saturated heterocycles. The van der Waals surface area contributed by atoms with Crippen LogP contribution in [-0.4, -0.2) is 36.1 Å². The van der Waals surface area contributed by atoms with Crippen molar-refractivity contribution in [1.29, 1.82) is 0 Å². The Kier molecular flexibility index (Phi) is 6.26. The molecule has 1 fully saturated rings. The Bertz CT molecular complexity index is 453. The molecule has 0 aromatic carbocycles. The van der Waals surface area contributed by atoms with Gasteiger partial charge in [-0.05, 0) is 55.1 Å². The van der Waals surface area contributed by atoms with Gasteiger partial charge in [0.05, 0.1) is 22.5 Å². The lowest BCUT2D eigenvalue weighted by atomic mass is 9.78. The number of nitrogens with one attached hydrogen (secondary N) is 1. The summed E-state index contributed by atoms with van der Waals surface area (Å²) in [6.45, 7) is 11.2. The van der Waals surface area contributed by atoms with Crippen LogP contribution in [0.15, 0.2) is 4.47 Å². The van der Waals surface area contributed by atoms with Crippen molar-refractivity contribution in [1.82, 2.24) is 15.1 Å². The van der Waals surface area contributed by atoms with E-state index in [0.29, 0.717) is 0 Å². The number of aryl methyl sites for hydroxylation is 2. The van der Waals surface area contributed by atoms with Crippen LogP contribution in [0.5, 0.6) is 0 Å². The van der Waals surface area contributed by atoms with Crippen molar-refractivity contribution >= 4 is 15.9 Å². The molecular weight excluding hydrogens is 330 g/mol. The van der Waals surface area contributed by atoms with Gasteiger partial charge in [0.1, 0.15) is 0 Å². The summed E-state index contributed by atoms with van der Waals surface area (Å²) in [5.74, 6) is 0. The van der Waals surface area contributed by atoms with Crippen LogP contribution in [0.2, 0.25) is 0 Å². The fourth-order valence-electron chi connectivity index (χ4n) is 3.18. The number of rotatable bonds is 7. The predicted octanol–water partition coefficient (Wildman–Crippen LogP) is 3.18. The summed E-state index contributed by atoms with van der Waals surface area (Å²) in [6.07, 6.45) is 4.38. The average Bonchev–Trinajstić information content (AvgIpc) is 2.82. The molecule has 120 valence electrons. The normalized spacial score (nSPS) is 22.7. The number of nitrogens with zero attached hydrogens (tertiary/aromatic N) is 2. The van der Waals surface area contributed by atoms with Crippen molar-refractivity contribution in [2.24, 2.45) is 5.41 Å². The molecule has 2 heterocycles. The number of aromatic nitrogens is 2. The second kappa shape index (κ2) is 7.75. The van der Waals surface area contributed by atoms with Gasteiger partial charge in [-0.2, -0.15) is 5.10 Å². The van der Waals surface area contributed by atoms with Crippen molar-refractivity contribution < 1.29 is 4.74 Å². The second-order valence-corrected chi connectivity index (χ2v) is 6.78. The molecule has 1 aromatic heterocycles. The van der Waals surface area contributed by atoms with Gasteiger partial charge in [0.25, 0.3) is 0 Å². The van der Waals surface area contributed by atoms with Gasteiger partial charge in [-0.15, -0.1) is 0 Å². The molecule has 4 nitrogen and oxygen atoms in total. The van der Waals surface area contributed by atoms with Crippen LogP contribution < -0.4 is 5.32 Å². The van der Waals surface area contributed by atoms with E-state index in [4.69, 9.17) is 9.84 Å². The molecule has 0 radical (unpaired) electrons. The van der Waals surface area contributed by atoms with Gasteiger partial charge >= 0.3 is 0 Å². The molecule has 1 aromatic rings. The molecule has 5 heteroatoms. The first kappa shape index (κ1) is 17.0. The van der Waals surface area contributed by atoms with Crippen molar-refractivity contribution in [3.05, 3.63) is 15.9 Å². The summed E-state index contributed by atoms with van der Waals surface area (Å²) >= 11 is 3.78. The summed E-state index contributed by atoms with van der Waals surface area (Å²) in [5.41, 5.74) is 2.70. The van der Waals surface area contributed by atoms with Crippen LogP contribution in [0.25, 0.3) is 0 Å². The number of halogens is 1. The Hall–Kier alpha value is -0.390. The maximum atomic E-state index is 5.82. The van der Waals surface area contributed by atoms with E-state index in [0.717, 1.165) is 52.1 Å². The maximum Gasteiger partial charge on any atom is 0.0766 e. The van der Waals surface area contributed by atoms with E-state index in [-0.39, 0.29) is 5.41 Å². The van der Waals surface area contributed by atoms with Crippen LogP contribution in [-0.2, 0) is 24.1 Å². The Morgan fingerprint density at radius 3 is 2.76 bits per heavy atom. The Morgan fingerprint density at radius 1 is 1.38 bits per heavy atom. The molecule has 1 aliphatic heterocycles. The van der Waals surface area contributed by atoms with Crippen LogP contribution in [0.1, 0.15) is 45.0 Å². The summed E-state index contributed by atoms with van der Waals surface area (Å²) in [5, 5.41) is 8.26. The lowest BCUT2D eigenvalue weighted by Gasteiger charge is -2.37. The van der Waals surface area contributed by atoms with Crippen LogP contribution in [0.3, 0.4) is 0 Å². The molecule has 1 N–H and O–H groups in total. The highest BCUT2D eigenvalue weighted by atomic mass is 79.9. The first-order valence-corrected chi connectivity index (χ1v) is 8.97. The number of hydrogen-bond donors (Lipinski definition) is 1. The van der Waals surface area contributed by atoms with Crippen molar-refractivity contribution in [2.75, 3.05) is 26.3 Å². The lowest BCUT2D eigenvalue weighted by molar-refractivity contribution is -0.00797. The standard InChI is InChI=1S/C16H28BrN3O/c1-4-13-15(17)14(20(6-3)19-13)10-16(11-18-5-2)8-7-9-21-12-16/h18H,4-12H2,1-3H3. The Morgan fingerprint density at radius 2 is 2.19 bits per heavy atom. The highest BCUT2D eigenvalue weighted by Crippen LogP contribution is 2.35. The van der Waals surface area contributed by atoms with Gasteiger partial charge in [-0.3, -0.25) is 4.68 Å². The first-order valence-electron chi connectivity index (χ1n) is 8.18. The number of ether oxygens (including phenoxy) is 1. The SMILES string of the molecule is CCNCC1(Cc2c(Br)c(CC)nn2CC)CCCOC1. The van der Waals surface area contributed by atoms with Gasteiger partial charge in [0.15, 0.2) is 0 Å². The van der Waals surface area contributed by atoms with E-state index in [2.05, 4.69) is 46.7 Å². The third-order valence-electron chi connectivity index (χ3n) is 4.39. The molecular formula is C16H28BrN3O. The minimum atomic E-state index is 0.203. The summed E-state index contributed by atoms with van der Waals surface area (Å²) in [7, 11) is 0. The second-order valence-electron chi connectivity index (χ2n) is 5.99. The zero-order chi connectivity index (χ0) is 15.3. The van der Waals surface area contributed by atoms with Crippen molar-refractivity contribution in [2.45, 2.75) is 53.0 Å². The molecule has 0 spiro atoms. The average molecular weight is 358 g/mol. The molecule has 0 aliphatic carbocycles. The summed E-state index contributed by atoms with van der Waals surface area (Å²) in [4.78, 5) is 0. The fourth-order valence-corrected chi connectivity index (χ4v) is 3.89. The van der Waals surface area contributed by atoms with Gasteiger partial charge < -0.3 is 10.1 Å². The quantitative estimate of drug-likeness (QED) is 0.814. The monoisotopic (exact) mass is 357 g/mol. The third kappa shape index (κ3) is 3.88. The molecule has 0 amide bonds. The first-order chi connectivity index (χ1) is 10.2. The van der Waals surface area contributed by atoms with E-state index in [1.54, 1.807) is 0 Å². The van der Waals surface area contributed by atoms with E-state index in [1.807, 2.05) is 0 Å². The zero-order valence-corrected chi connectivity index (χ0v) is 15.1. The van der Waals surface area contributed by atoms with Gasteiger partial charge in [0, 0.05) is 25.1 Å². The van der Waals surface area contributed by atoms with Gasteiger partial charge in [-0.1, -0.05) is 13.8 Å². The van der Waals surface area contributed by atoms with E-state index in [1.165, 1.54) is 22.3 Å². The molecule has 21 heavy (non-hydrogen) atoms. The van der Waals surface area contributed by atoms with Gasteiger partial charge in [-0.25, -0.2) is 0 Å². The van der Waals surface area contributed by atoms with Crippen LogP contribution in [0.4, 0.5) is 0 Å². The lowest BCUT2D eigenvalue weighted by Crippen LogP contribution is -2.43. The minimum absolute atomic E-state index is 0.203. The van der Waals surface area contributed by atoms with Crippen molar-refractivity contribution in [3.63, 3.8) is 0 Å². The molecule has 2 rings (SSSR count). The molecule has 1 unspecified atom stereocenters. The van der Waals surface area contributed by atoms with E-state index >= 15 is 0 Å². The zero-order valence-electron chi connectivity index (χ0n) is 13.5. The molecule has 0 saturated carbocycles. The van der Waals surface area contributed by atoms with Crippen LogP contribution >= 0.6 is 15.9 Å². The summed E-state index contributed by atoms with van der Waals surface area (Å²) in [6, 6.07) is 0. The molecule has 1 atom stereocenters. The Balaban J connectivity index is 2.25. The highest BCUT2D eigenvalue weighted by molar-refractivity contribution is 9.10. The van der Waals surface area contributed by atoms with Crippen molar-refractivity contribution in [3.8, 4) is 0 Å². The summed E-state index contributed by atoms with van der Waals surface area (Å²) < 4.78 is 9.18. The van der Waals surface area contributed by atoms with E-state index in [9.17, 15) is 0 Å². The largest absolute Gasteiger partial charge is 0.381 e. The third-order valence-corrected chi connectivity index (χ3v) is 5.31. The van der Waals surface area contributed by atoms with E-state index < -0.39 is 0 Å². The number of hydrogen-bond acceptors (Lipinski definition) is 3. The smallest absolute Gasteiger partial charge is 0.0766 e. The predicted molar refractivity (Wildman–Crippen MR) is 89.7 cm³/mol. The molecule has 0 bridgehead atoms.